The third kappa shape index (κ3) is 2.66. The average molecular weight is 402 g/mol. The van der Waals surface area contributed by atoms with Crippen molar-refractivity contribution in [2.45, 2.75) is 19.0 Å². The summed E-state index contributed by atoms with van der Waals surface area (Å²) < 4.78 is 5.03. The number of nitrogens with zero attached hydrogens (tertiary/aromatic N) is 1. The predicted octanol–water partition coefficient (Wildman–Crippen LogP) is 1.97. The van der Waals surface area contributed by atoms with Crippen LogP contribution in [0.4, 0.5) is 5.69 Å². The van der Waals surface area contributed by atoms with Crippen molar-refractivity contribution in [3.05, 3.63) is 65.7 Å². The molecule has 5 rings (SSSR count). The average Bonchev–Trinajstić information content (AvgIpc) is 3.23. The van der Waals surface area contributed by atoms with Crippen LogP contribution in [0.2, 0.25) is 0 Å². The number of hydrogen-bond donors (Lipinski definition) is 1. The molecular weight excluding hydrogens is 384 g/mol. The van der Waals surface area contributed by atoms with Crippen LogP contribution >= 0.6 is 0 Å². The van der Waals surface area contributed by atoms with E-state index in [0.29, 0.717) is 11.3 Å². The number of amides is 2. The first kappa shape index (κ1) is 18.3. The number of imide groups is 1. The molecule has 0 bridgehead atoms. The van der Waals surface area contributed by atoms with Crippen molar-refractivity contribution in [1.82, 2.24) is 5.32 Å². The highest BCUT2D eigenvalue weighted by Gasteiger charge is 2.61. The van der Waals surface area contributed by atoms with E-state index in [-0.39, 0.29) is 17.7 Å². The molecule has 2 aromatic carbocycles. The molecule has 3 aliphatic rings. The summed E-state index contributed by atoms with van der Waals surface area (Å²) in [6, 6.07) is 12.7. The number of ketones is 1. The van der Waals surface area contributed by atoms with E-state index >= 15 is 0 Å². The molecule has 3 aliphatic heterocycles. The fourth-order valence-corrected chi connectivity index (χ4v) is 4.76. The molecule has 3 heterocycles. The van der Waals surface area contributed by atoms with Crippen molar-refractivity contribution in [2.24, 2.45) is 11.8 Å². The van der Waals surface area contributed by atoms with Crippen LogP contribution in [-0.2, 0) is 14.4 Å². The molecule has 0 saturated carbocycles. The number of fused-ring (bicyclic) bond motifs is 5. The fourth-order valence-electron chi connectivity index (χ4n) is 4.76. The molecule has 0 unspecified atom stereocenters. The summed E-state index contributed by atoms with van der Waals surface area (Å²) in [5.74, 6) is -2.51. The molecule has 0 radical (unpaired) electrons. The van der Waals surface area contributed by atoms with Gasteiger partial charge in [-0.3, -0.25) is 24.5 Å². The number of carbonyl (C=O) groups is 4. The van der Waals surface area contributed by atoms with Gasteiger partial charge in [-0.15, -0.1) is 0 Å². The standard InChI is InChI=1S/C23H18N2O5/c1-12(26)30-15-9-6-14(7-10-15)21(27)20-19-18(22(28)24-23(19)29)17-11-8-13-4-2-3-5-16(13)25(17)20/h2-11,17-20H,1H3,(H,24,28,29)/t17-,18+,19-,20+/m1/s1. The lowest BCUT2D eigenvalue weighted by molar-refractivity contribution is -0.132. The third-order valence-electron chi connectivity index (χ3n) is 5.92. The summed E-state index contributed by atoms with van der Waals surface area (Å²) >= 11 is 0. The van der Waals surface area contributed by atoms with Gasteiger partial charge in [0.15, 0.2) is 5.78 Å². The van der Waals surface area contributed by atoms with Crippen molar-refractivity contribution < 1.29 is 23.9 Å². The van der Waals surface area contributed by atoms with E-state index in [1.54, 1.807) is 24.3 Å². The molecule has 2 fully saturated rings. The van der Waals surface area contributed by atoms with E-state index < -0.39 is 29.8 Å². The van der Waals surface area contributed by atoms with E-state index in [1.165, 1.54) is 6.92 Å². The quantitative estimate of drug-likeness (QED) is 0.365. The Morgan fingerprint density at radius 3 is 2.40 bits per heavy atom. The van der Waals surface area contributed by atoms with Crippen molar-refractivity contribution in [2.75, 3.05) is 4.90 Å². The molecule has 2 amide bonds. The minimum Gasteiger partial charge on any atom is -0.427 e. The maximum absolute atomic E-state index is 13.6. The van der Waals surface area contributed by atoms with Crippen LogP contribution < -0.4 is 15.0 Å². The number of Topliss-reactive ketones (excluding diaryl/α,β-unsaturated/α-hetero) is 1. The van der Waals surface area contributed by atoms with Crippen LogP contribution in [0.15, 0.2) is 54.6 Å². The van der Waals surface area contributed by atoms with Gasteiger partial charge in [-0.1, -0.05) is 30.4 Å². The Morgan fingerprint density at radius 2 is 1.67 bits per heavy atom. The molecule has 30 heavy (non-hydrogen) atoms. The largest absolute Gasteiger partial charge is 0.427 e. The highest BCUT2D eigenvalue weighted by atomic mass is 16.5. The highest BCUT2D eigenvalue weighted by Crippen LogP contribution is 2.46. The summed E-state index contributed by atoms with van der Waals surface area (Å²) in [7, 11) is 0. The van der Waals surface area contributed by atoms with Crippen LogP contribution in [0.5, 0.6) is 5.75 Å². The van der Waals surface area contributed by atoms with E-state index in [0.717, 1.165) is 11.3 Å². The van der Waals surface area contributed by atoms with E-state index in [9.17, 15) is 19.2 Å². The zero-order valence-corrected chi connectivity index (χ0v) is 16.1. The minimum absolute atomic E-state index is 0.253. The number of para-hydroxylation sites is 1. The molecule has 2 aromatic rings. The molecule has 4 atom stereocenters. The topological polar surface area (TPSA) is 92.8 Å². The van der Waals surface area contributed by atoms with E-state index in [1.807, 2.05) is 41.3 Å². The van der Waals surface area contributed by atoms with Crippen LogP contribution in [0.25, 0.3) is 6.08 Å². The normalized spacial score (nSPS) is 26.0. The van der Waals surface area contributed by atoms with Gasteiger partial charge >= 0.3 is 5.97 Å². The lowest BCUT2D eigenvalue weighted by Crippen LogP contribution is -2.47. The van der Waals surface area contributed by atoms with Gasteiger partial charge in [0.05, 0.1) is 17.9 Å². The van der Waals surface area contributed by atoms with Crippen LogP contribution in [0.1, 0.15) is 22.8 Å². The maximum Gasteiger partial charge on any atom is 0.308 e. The SMILES string of the molecule is CC(=O)Oc1ccc(C(=O)[C@@H]2[C@@H]3C(=O)NC(=O)[C@H]3[C@H]3C=Cc4ccccc4N32)cc1. The van der Waals surface area contributed by atoms with Gasteiger partial charge in [-0.05, 0) is 35.9 Å². The first-order valence-electron chi connectivity index (χ1n) is 9.68. The number of esters is 1. The zero-order valence-electron chi connectivity index (χ0n) is 16.1. The van der Waals surface area contributed by atoms with Gasteiger partial charge in [0.25, 0.3) is 0 Å². The summed E-state index contributed by atoms with van der Waals surface area (Å²) in [6.07, 6.45) is 3.83. The molecule has 7 nitrogen and oxygen atoms in total. The Balaban J connectivity index is 1.57. The monoisotopic (exact) mass is 402 g/mol. The van der Waals surface area contributed by atoms with Crippen molar-refractivity contribution in [3.8, 4) is 5.75 Å². The second kappa shape index (κ2) is 6.66. The van der Waals surface area contributed by atoms with Crippen LogP contribution in [0, 0.1) is 11.8 Å². The Kier molecular flexibility index (Phi) is 4.06. The molecule has 0 spiro atoms. The lowest BCUT2D eigenvalue weighted by atomic mass is 9.86. The number of anilines is 1. The van der Waals surface area contributed by atoms with Crippen molar-refractivity contribution in [3.63, 3.8) is 0 Å². The summed E-state index contributed by atoms with van der Waals surface area (Å²) in [5.41, 5.74) is 2.15. The van der Waals surface area contributed by atoms with Gasteiger partial charge < -0.3 is 9.64 Å². The molecule has 0 aromatic heterocycles. The van der Waals surface area contributed by atoms with Crippen molar-refractivity contribution >= 4 is 35.3 Å². The zero-order chi connectivity index (χ0) is 21.0. The number of rotatable bonds is 3. The summed E-state index contributed by atoms with van der Waals surface area (Å²) in [6.45, 7) is 1.30. The molecule has 150 valence electrons. The number of ether oxygens (including phenoxy) is 1. The minimum atomic E-state index is -0.808. The highest BCUT2D eigenvalue weighted by molar-refractivity contribution is 6.14. The number of nitrogens with one attached hydrogen (secondary N) is 1. The van der Waals surface area contributed by atoms with Gasteiger partial charge in [0.1, 0.15) is 11.8 Å². The molecule has 7 heteroatoms. The van der Waals surface area contributed by atoms with Crippen LogP contribution in [0.3, 0.4) is 0 Å². The number of carbonyl (C=O) groups excluding carboxylic acids is 4. The molecule has 1 N–H and O–H groups in total. The lowest BCUT2D eigenvalue weighted by Gasteiger charge is -2.35. The molecular formula is C23H18N2O5. The maximum atomic E-state index is 13.6. The molecule has 2 saturated heterocycles. The van der Waals surface area contributed by atoms with Gasteiger partial charge in [-0.25, -0.2) is 0 Å². The molecule has 0 aliphatic carbocycles. The first-order chi connectivity index (χ1) is 14.5. The van der Waals surface area contributed by atoms with E-state index in [4.69, 9.17) is 4.74 Å². The Labute approximate surface area is 172 Å². The fraction of sp³-hybridized carbons (Fsp3) is 0.217. The Bertz CT molecular complexity index is 1120. The third-order valence-corrected chi connectivity index (χ3v) is 5.92. The summed E-state index contributed by atoms with van der Waals surface area (Å²) in [5, 5.41) is 2.39. The predicted molar refractivity (Wildman–Crippen MR) is 108 cm³/mol. The summed E-state index contributed by atoms with van der Waals surface area (Å²) in [4.78, 5) is 51.8. The second-order valence-electron chi connectivity index (χ2n) is 7.65. The van der Waals surface area contributed by atoms with E-state index in [2.05, 4.69) is 5.32 Å². The Morgan fingerprint density at radius 1 is 0.967 bits per heavy atom. The number of hydrogen-bond acceptors (Lipinski definition) is 6. The van der Waals surface area contributed by atoms with Gasteiger partial charge in [-0.2, -0.15) is 0 Å². The number of benzene rings is 2. The van der Waals surface area contributed by atoms with Crippen molar-refractivity contribution in [1.29, 1.82) is 0 Å². The van der Waals surface area contributed by atoms with Crippen LogP contribution in [-0.4, -0.2) is 35.7 Å². The first-order valence-corrected chi connectivity index (χ1v) is 9.68. The smallest absolute Gasteiger partial charge is 0.308 e. The second-order valence-corrected chi connectivity index (χ2v) is 7.65. The van der Waals surface area contributed by atoms with Gasteiger partial charge in [0, 0.05) is 18.2 Å². The van der Waals surface area contributed by atoms with Gasteiger partial charge in [0.2, 0.25) is 11.8 Å². The Hall–Kier alpha value is -3.74.